The van der Waals surface area contributed by atoms with Gasteiger partial charge in [0.15, 0.2) is 0 Å². The van der Waals surface area contributed by atoms with Gasteiger partial charge in [-0.15, -0.1) is 0 Å². The van der Waals surface area contributed by atoms with Crippen LogP contribution < -0.4 is 10.6 Å². The van der Waals surface area contributed by atoms with Gasteiger partial charge in [0.05, 0.1) is 0 Å². The Labute approximate surface area is 197 Å². The molecule has 0 heterocycles. The second-order valence-corrected chi connectivity index (χ2v) is 8.09. The Morgan fingerprint density at radius 3 is 2.21 bits per heavy atom. The molecule has 0 radical (unpaired) electrons. The van der Waals surface area contributed by atoms with Crippen LogP contribution in [0.4, 0.5) is 0 Å². The second kappa shape index (κ2) is 11.8. The van der Waals surface area contributed by atoms with Crippen LogP contribution in [-0.2, 0) is 29.0 Å². The SMILES string of the molecule is O=C(CCc1ccc(C(=O)NCc2ccccc2)cc1)N[C@@H](Cc1cccc(Cl)c1)C(=O)O. The minimum atomic E-state index is -1.10. The van der Waals surface area contributed by atoms with E-state index in [1.165, 1.54) is 0 Å². The Morgan fingerprint density at radius 1 is 0.848 bits per heavy atom. The lowest BCUT2D eigenvalue weighted by molar-refractivity contribution is -0.141. The summed E-state index contributed by atoms with van der Waals surface area (Å²) < 4.78 is 0. The van der Waals surface area contributed by atoms with Crippen molar-refractivity contribution >= 4 is 29.4 Å². The zero-order chi connectivity index (χ0) is 23.6. The molecule has 0 aliphatic carbocycles. The molecule has 3 aromatic carbocycles. The fraction of sp³-hybridized carbons (Fsp3) is 0.192. The van der Waals surface area contributed by atoms with Crippen LogP contribution in [0.1, 0.15) is 33.5 Å². The third-order valence-electron chi connectivity index (χ3n) is 5.11. The number of aryl methyl sites for hydroxylation is 1. The van der Waals surface area contributed by atoms with Gasteiger partial charge in [0, 0.05) is 30.0 Å². The Bertz CT molecular complexity index is 1100. The maximum Gasteiger partial charge on any atom is 0.326 e. The van der Waals surface area contributed by atoms with Crippen molar-refractivity contribution in [3.05, 3.63) is 106 Å². The van der Waals surface area contributed by atoms with Crippen LogP contribution >= 0.6 is 11.6 Å². The first-order valence-corrected chi connectivity index (χ1v) is 11.0. The van der Waals surface area contributed by atoms with Crippen LogP contribution in [0, 0.1) is 0 Å². The predicted molar refractivity (Wildman–Crippen MR) is 127 cm³/mol. The fourth-order valence-electron chi connectivity index (χ4n) is 3.33. The van der Waals surface area contributed by atoms with Crippen molar-refractivity contribution in [2.24, 2.45) is 0 Å². The van der Waals surface area contributed by atoms with Gasteiger partial charge in [0.2, 0.25) is 5.91 Å². The summed E-state index contributed by atoms with van der Waals surface area (Å²) in [6.45, 7) is 0.446. The lowest BCUT2D eigenvalue weighted by Gasteiger charge is -2.15. The molecule has 0 saturated carbocycles. The predicted octanol–water partition coefficient (Wildman–Crippen LogP) is 4.01. The molecule has 33 heavy (non-hydrogen) atoms. The lowest BCUT2D eigenvalue weighted by Crippen LogP contribution is -2.42. The van der Waals surface area contributed by atoms with Gasteiger partial charge in [0.25, 0.3) is 5.91 Å². The van der Waals surface area contributed by atoms with Crippen molar-refractivity contribution in [3.8, 4) is 0 Å². The first-order valence-electron chi connectivity index (χ1n) is 10.6. The molecule has 0 aliphatic heterocycles. The highest BCUT2D eigenvalue weighted by Gasteiger charge is 2.20. The number of hydrogen-bond donors (Lipinski definition) is 3. The average molecular weight is 465 g/mol. The molecule has 1 atom stereocenters. The average Bonchev–Trinajstić information content (AvgIpc) is 2.82. The maximum atomic E-state index is 12.3. The van der Waals surface area contributed by atoms with E-state index >= 15 is 0 Å². The molecule has 6 nitrogen and oxygen atoms in total. The van der Waals surface area contributed by atoms with E-state index in [1.807, 2.05) is 30.3 Å². The van der Waals surface area contributed by atoms with E-state index in [-0.39, 0.29) is 24.7 Å². The van der Waals surface area contributed by atoms with E-state index in [2.05, 4.69) is 10.6 Å². The zero-order valence-corrected chi connectivity index (χ0v) is 18.7. The molecule has 0 aliphatic rings. The lowest BCUT2D eigenvalue weighted by atomic mass is 10.0. The second-order valence-electron chi connectivity index (χ2n) is 7.66. The highest BCUT2D eigenvalue weighted by atomic mass is 35.5. The summed E-state index contributed by atoms with van der Waals surface area (Å²) in [5.74, 6) is -1.63. The first-order chi connectivity index (χ1) is 15.9. The van der Waals surface area contributed by atoms with Gasteiger partial charge in [-0.25, -0.2) is 4.79 Å². The monoisotopic (exact) mass is 464 g/mol. The summed E-state index contributed by atoms with van der Waals surface area (Å²) in [7, 11) is 0. The Morgan fingerprint density at radius 2 is 1.55 bits per heavy atom. The Balaban J connectivity index is 1.47. The highest BCUT2D eigenvalue weighted by Crippen LogP contribution is 2.13. The molecular weight excluding hydrogens is 440 g/mol. The van der Waals surface area contributed by atoms with E-state index in [1.54, 1.807) is 48.5 Å². The topological polar surface area (TPSA) is 95.5 Å². The number of carboxylic acids is 1. The van der Waals surface area contributed by atoms with Crippen molar-refractivity contribution in [2.45, 2.75) is 31.8 Å². The van der Waals surface area contributed by atoms with E-state index < -0.39 is 12.0 Å². The summed E-state index contributed by atoms with van der Waals surface area (Å²) in [4.78, 5) is 36.2. The molecule has 0 spiro atoms. The summed E-state index contributed by atoms with van der Waals surface area (Å²) in [6.07, 6.45) is 0.717. The largest absolute Gasteiger partial charge is 0.480 e. The molecule has 3 rings (SSSR count). The van der Waals surface area contributed by atoms with Gasteiger partial charge in [-0.1, -0.05) is 66.2 Å². The fourth-order valence-corrected chi connectivity index (χ4v) is 3.54. The van der Waals surface area contributed by atoms with Gasteiger partial charge in [-0.05, 0) is 47.4 Å². The number of carbonyl (C=O) groups is 3. The Kier molecular flexibility index (Phi) is 8.61. The summed E-state index contributed by atoms with van der Waals surface area (Å²) in [6, 6.07) is 22.5. The van der Waals surface area contributed by atoms with E-state index in [0.29, 0.717) is 23.6 Å². The van der Waals surface area contributed by atoms with E-state index in [0.717, 1.165) is 16.7 Å². The van der Waals surface area contributed by atoms with Crippen molar-refractivity contribution < 1.29 is 19.5 Å². The van der Waals surface area contributed by atoms with Gasteiger partial charge >= 0.3 is 5.97 Å². The smallest absolute Gasteiger partial charge is 0.326 e. The third kappa shape index (κ3) is 7.77. The van der Waals surface area contributed by atoms with Crippen LogP contribution in [0.25, 0.3) is 0 Å². The van der Waals surface area contributed by atoms with Crippen LogP contribution in [0.15, 0.2) is 78.9 Å². The molecule has 0 bridgehead atoms. The third-order valence-corrected chi connectivity index (χ3v) is 5.35. The molecule has 170 valence electrons. The number of amides is 2. The van der Waals surface area contributed by atoms with Crippen molar-refractivity contribution in [1.82, 2.24) is 10.6 Å². The van der Waals surface area contributed by atoms with Crippen molar-refractivity contribution in [3.63, 3.8) is 0 Å². The molecule has 0 fully saturated rings. The number of carboxylic acid groups (broad SMARTS) is 1. The van der Waals surface area contributed by atoms with Gasteiger partial charge in [-0.2, -0.15) is 0 Å². The number of aliphatic carboxylic acids is 1. The quantitative estimate of drug-likeness (QED) is 0.422. The summed E-state index contributed by atoms with van der Waals surface area (Å²) >= 11 is 5.95. The van der Waals surface area contributed by atoms with Crippen molar-refractivity contribution in [1.29, 1.82) is 0 Å². The molecule has 2 amide bonds. The van der Waals surface area contributed by atoms with Crippen LogP contribution in [0.2, 0.25) is 5.02 Å². The molecule has 0 saturated heterocycles. The molecule has 3 aromatic rings. The molecular formula is C26H25ClN2O4. The molecule has 7 heteroatoms. The van der Waals surface area contributed by atoms with Crippen LogP contribution in [0.5, 0.6) is 0 Å². The van der Waals surface area contributed by atoms with Gasteiger partial charge in [0.1, 0.15) is 6.04 Å². The van der Waals surface area contributed by atoms with Gasteiger partial charge in [-0.3, -0.25) is 9.59 Å². The molecule has 0 aromatic heterocycles. The highest BCUT2D eigenvalue weighted by molar-refractivity contribution is 6.30. The van der Waals surface area contributed by atoms with Crippen molar-refractivity contribution in [2.75, 3.05) is 0 Å². The summed E-state index contributed by atoms with van der Waals surface area (Å²) in [5.41, 5.74) is 3.16. The minimum Gasteiger partial charge on any atom is -0.480 e. The number of rotatable bonds is 10. The van der Waals surface area contributed by atoms with Crippen LogP contribution in [-0.4, -0.2) is 28.9 Å². The number of halogens is 1. The standard InChI is InChI=1S/C26H25ClN2O4/c27-22-8-4-7-20(15-22)16-23(26(32)33)29-24(30)14-11-18-9-12-21(13-10-18)25(31)28-17-19-5-2-1-3-6-19/h1-10,12-13,15,23H,11,14,16-17H2,(H,28,31)(H,29,30)(H,32,33)/t23-/m0/s1. The normalized spacial score (nSPS) is 11.4. The molecule has 3 N–H and O–H groups in total. The zero-order valence-electron chi connectivity index (χ0n) is 18.0. The number of nitrogens with one attached hydrogen (secondary N) is 2. The number of benzene rings is 3. The number of carbonyl (C=O) groups excluding carboxylic acids is 2. The van der Waals surface area contributed by atoms with Crippen LogP contribution in [0.3, 0.4) is 0 Å². The van der Waals surface area contributed by atoms with E-state index in [9.17, 15) is 19.5 Å². The van der Waals surface area contributed by atoms with E-state index in [4.69, 9.17) is 11.6 Å². The minimum absolute atomic E-state index is 0.138. The first kappa shape index (κ1) is 24.0. The van der Waals surface area contributed by atoms with Gasteiger partial charge < -0.3 is 15.7 Å². The molecule has 0 unspecified atom stereocenters. The maximum absolute atomic E-state index is 12.3. The summed E-state index contributed by atoms with van der Waals surface area (Å²) in [5, 5.41) is 15.4. The Hall–Kier alpha value is -3.64. The number of hydrogen-bond acceptors (Lipinski definition) is 3.